The molecule has 9 heteroatoms. The molecular weight excluding hydrogens is 416 g/mol. The number of aromatic amines is 1. The van der Waals surface area contributed by atoms with Crippen molar-refractivity contribution in [1.29, 1.82) is 0 Å². The summed E-state index contributed by atoms with van der Waals surface area (Å²) in [5.41, 5.74) is 8.31. The fourth-order valence-corrected chi connectivity index (χ4v) is 5.35. The van der Waals surface area contributed by atoms with Gasteiger partial charge in [0.2, 0.25) is 10.0 Å². The number of aryl methyl sites for hydroxylation is 2. The van der Waals surface area contributed by atoms with Crippen molar-refractivity contribution >= 4 is 32.7 Å². The molecule has 8 nitrogen and oxygen atoms in total. The number of rotatable bonds is 4. The third-order valence-corrected chi connectivity index (χ3v) is 7.36. The molecule has 1 aliphatic rings. The van der Waals surface area contributed by atoms with Crippen molar-refractivity contribution in [2.24, 2.45) is 0 Å². The van der Waals surface area contributed by atoms with E-state index in [1.807, 2.05) is 26.0 Å². The molecule has 31 heavy (non-hydrogen) atoms. The number of benzene rings is 2. The van der Waals surface area contributed by atoms with Gasteiger partial charge in [0.25, 0.3) is 11.8 Å². The topological polar surface area (TPSA) is 111 Å². The molecular formula is C22H24N4O4S. The molecule has 0 bridgehead atoms. The van der Waals surface area contributed by atoms with Crippen molar-refractivity contribution < 1.29 is 18.0 Å². The zero-order valence-corrected chi connectivity index (χ0v) is 18.2. The predicted molar refractivity (Wildman–Crippen MR) is 117 cm³/mol. The van der Waals surface area contributed by atoms with Crippen molar-refractivity contribution in [3.05, 3.63) is 64.8 Å². The van der Waals surface area contributed by atoms with Crippen molar-refractivity contribution in [1.82, 2.24) is 20.1 Å². The first-order valence-corrected chi connectivity index (χ1v) is 11.5. The first kappa shape index (κ1) is 21.1. The van der Waals surface area contributed by atoms with Crippen LogP contribution in [0, 0.1) is 13.8 Å². The van der Waals surface area contributed by atoms with Gasteiger partial charge in [0, 0.05) is 29.6 Å². The second-order valence-corrected chi connectivity index (χ2v) is 9.71. The number of amides is 2. The van der Waals surface area contributed by atoms with E-state index in [4.69, 9.17) is 0 Å². The van der Waals surface area contributed by atoms with Crippen LogP contribution in [-0.4, -0.2) is 42.6 Å². The van der Waals surface area contributed by atoms with Gasteiger partial charge >= 0.3 is 0 Å². The van der Waals surface area contributed by atoms with E-state index >= 15 is 0 Å². The third kappa shape index (κ3) is 4.19. The molecule has 4 rings (SSSR count). The summed E-state index contributed by atoms with van der Waals surface area (Å²) in [6.45, 7) is 4.99. The maximum Gasteiger partial charge on any atom is 0.286 e. The lowest BCUT2D eigenvalue weighted by molar-refractivity contribution is 0.0844. The molecule has 1 fully saturated rings. The average molecular weight is 441 g/mol. The molecule has 1 saturated heterocycles. The number of nitrogens with one attached hydrogen (secondary N) is 3. The number of sulfonamides is 1. The lowest BCUT2D eigenvalue weighted by atomic mass is 10.1. The van der Waals surface area contributed by atoms with E-state index in [1.54, 1.807) is 6.07 Å². The molecule has 0 atom stereocenters. The van der Waals surface area contributed by atoms with Gasteiger partial charge in [-0.3, -0.25) is 20.4 Å². The van der Waals surface area contributed by atoms with Crippen molar-refractivity contribution in [3.8, 4) is 0 Å². The molecule has 162 valence electrons. The second-order valence-electron chi connectivity index (χ2n) is 7.77. The molecule has 0 unspecified atom stereocenters. The lowest BCUT2D eigenvalue weighted by Crippen LogP contribution is -2.41. The van der Waals surface area contributed by atoms with Gasteiger partial charge < -0.3 is 4.98 Å². The Balaban J connectivity index is 1.41. The van der Waals surface area contributed by atoms with Crippen molar-refractivity contribution in [2.45, 2.75) is 31.6 Å². The van der Waals surface area contributed by atoms with Crippen LogP contribution in [0.4, 0.5) is 0 Å². The van der Waals surface area contributed by atoms with Crippen LogP contribution < -0.4 is 10.9 Å². The Morgan fingerprint density at radius 3 is 2.26 bits per heavy atom. The summed E-state index contributed by atoms with van der Waals surface area (Å²) in [7, 11) is -3.53. The van der Waals surface area contributed by atoms with Crippen LogP contribution >= 0.6 is 0 Å². The molecule has 2 aromatic carbocycles. The number of carbonyl (C=O) groups excluding carboxylic acids is 2. The number of H-pyrrole nitrogens is 1. The zero-order chi connectivity index (χ0) is 22.2. The van der Waals surface area contributed by atoms with Crippen LogP contribution in [0.1, 0.15) is 44.8 Å². The maximum atomic E-state index is 12.6. The molecule has 0 aliphatic carbocycles. The van der Waals surface area contributed by atoms with Gasteiger partial charge in [0.1, 0.15) is 5.69 Å². The zero-order valence-electron chi connectivity index (χ0n) is 17.4. The number of fused-ring (bicyclic) bond motifs is 1. The fraction of sp³-hybridized carbons (Fsp3) is 0.273. The highest BCUT2D eigenvalue weighted by Crippen LogP contribution is 2.22. The number of carbonyl (C=O) groups is 2. The Labute approximate surface area is 180 Å². The van der Waals surface area contributed by atoms with Crippen molar-refractivity contribution in [3.63, 3.8) is 0 Å². The monoisotopic (exact) mass is 440 g/mol. The van der Waals surface area contributed by atoms with Gasteiger partial charge in [-0.2, -0.15) is 4.31 Å². The van der Waals surface area contributed by atoms with Gasteiger partial charge in [-0.25, -0.2) is 8.42 Å². The van der Waals surface area contributed by atoms with E-state index in [0.717, 1.165) is 34.9 Å². The summed E-state index contributed by atoms with van der Waals surface area (Å²) in [5.74, 6) is -1.02. The summed E-state index contributed by atoms with van der Waals surface area (Å²) >= 11 is 0. The summed E-state index contributed by atoms with van der Waals surface area (Å²) in [4.78, 5) is 28.0. The Morgan fingerprint density at radius 2 is 1.58 bits per heavy atom. The minimum Gasteiger partial charge on any atom is -0.350 e. The van der Waals surface area contributed by atoms with E-state index in [-0.39, 0.29) is 10.5 Å². The molecule has 3 aromatic rings. The predicted octanol–water partition coefficient (Wildman–Crippen LogP) is 2.64. The van der Waals surface area contributed by atoms with Gasteiger partial charge in [-0.15, -0.1) is 0 Å². The molecule has 2 amide bonds. The van der Waals surface area contributed by atoms with E-state index in [1.165, 1.54) is 28.6 Å². The van der Waals surface area contributed by atoms with Gasteiger partial charge in [0.15, 0.2) is 0 Å². The molecule has 0 spiro atoms. The quantitative estimate of drug-likeness (QED) is 0.542. The second kappa shape index (κ2) is 8.16. The normalized spacial score (nSPS) is 14.6. The third-order valence-electron chi connectivity index (χ3n) is 5.44. The number of hydrogen-bond donors (Lipinski definition) is 3. The molecule has 0 radical (unpaired) electrons. The first-order valence-electron chi connectivity index (χ1n) is 10.1. The number of aromatic nitrogens is 1. The molecule has 2 heterocycles. The van der Waals surface area contributed by atoms with Gasteiger partial charge in [0.05, 0.1) is 4.90 Å². The standard InChI is InChI=1S/C22H24N4O4S/c1-14-11-15(2)18-13-20(23-19(18)12-14)22(28)25-24-21(27)16-5-7-17(8-6-16)31(29,30)26-9-3-4-10-26/h5-8,11-13,23H,3-4,9-10H2,1-2H3,(H,24,27)(H,25,28). The van der Waals surface area contributed by atoms with Crippen molar-refractivity contribution in [2.75, 3.05) is 13.1 Å². The Morgan fingerprint density at radius 1 is 0.935 bits per heavy atom. The Hall–Kier alpha value is -3.17. The minimum atomic E-state index is -3.53. The molecule has 3 N–H and O–H groups in total. The number of nitrogens with zero attached hydrogens (tertiary/aromatic N) is 1. The highest BCUT2D eigenvalue weighted by Gasteiger charge is 2.27. The molecule has 0 saturated carbocycles. The van der Waals surface area contributed by atoms with E-state index in [0.29, 0.717) is 18.8 Å². The SMILES string of the molecule is Cc1cc(C)c2cc(C(=O)NNC(=O)c3ccc(S(=O)(=O)N4CCCC4)cc3)[nH]c2c1. The average Bonchev–Trinajstić information content (AvgIpc) is 3.42. The minimum absolute atomic E-state index is 0.152. The fourth-order valence-electron chi connectivity index (χ4n) is 3.83. The highest BCUT2D eigenvalue weighted by atomic mass is 32.2. The number of hydrogen-bond acceptors (Lipinski definition) is 4. The van der Waals surface area contributed by atoms with E-state index < -0.39 is 21.8 Å². The summed E-state index contributed by atoms with van der Waals surface area (Å²) in [5, 5.41) is 0.942. The van der Waals surface area contributed by atoms with E-state index in [2.05, 4.69) is 15.8 Å². The largest absolute Gasteiger partial charge is 0.350 e. The maximum absolute atomic E-state index is 12.6. The van der Waals surface area contributed by atoms with Crippen LogP contribution in [0.5, 0.6) is 0 Å². The van der Waals surface area contributed by atoms with Crippen LogP contribution in [0.2, 0.25) is 0 Å². The highest BCUT2D eigenvalue weighted by molar-refractivity contribution is 7.89. The van der Waals surface area contributed by atoms with Crippen LogP contribution in [0.15, 0.2) is 47.4 Å². The smallest absolute Gasteiger partial charge is 0.286 e. The van der Waals surface area contributed by atoms with Gasteiger partial charge in [-0.05, 0) is 74.2 Å². The Kier molecular flexibility index (Phi) is 5.55. The summed E-state index contributed by atoms with van der Waals surface area (Å²) in [6.07, 6.45) is 1.71. The summed E-state index contributed by atoms with van der Waals surface area (Å²) in [6, 6.07) is 11.4. The van der Waals surface area contributed by atoms with E-state index in [9.17, 15) is 18.0 Å². The van der Waals surface area contributed by atoms with Crippen LogP contribution in [0.3, 0.4) is 0 Å². The molecule has 1 aliphatic heterocycles. The lowest BCUT2D eigenvalue weighted by Gasteiger charge is -2.15. The first-order chi connectivity index (χ1) is 14.8. The van der Waals surface area contributed by atoms with Gasteiger partial charge in [-0.1, -0.05) is 6.07 Å². The van der Waals surface area contributed by atoms with Crippen LogP contribution in [0.25, 0.3) is 10.9 Å². The number of hydrazine groups is 1. The Bertz CT molecular complexity index is 1260. The van der Waals surface area contributed by atoms with Crippen LogP contribution in [-0.2, 0) is 10.0 Å². The molecule has 1 aromatic heterocycles. The summed E-state index contributed by atoms with van der Waals surface area (Å²) < 4.78 is 26.6.